The van der Waals surface area contributed by atoms with Gasteiger partial charge in [-0.2, -0.15) is 0 Å². The lowest BCUT2D eigenvalue weighted by atomic mass is 9.54. The number of aliphatic hydroxyl groups excluding tert-OH is 2. The number of aliphatic hydroxyl groups is 4. The fourth-order valence-electron chi connectivity index (χ4n) is 5.71. The summed E-state index contributed by atoms with van der Waals surface area (Å²) in [7, 11) is 2.91. The molecule has 0 unspecified atom stereocenters. The van der Waals surface area contributed by atoms with Crippen molar-refractivity contribution in [1.29, 1.82) is 0 Å². The number of nitrogens with two attached hydrogens (primary N) is 1. The number of ketones is 2. The van der Waals surface area contributed by atoms with Crippen LogP contribution in [-0.2, 0) is 20.0 Å². The summed E-state index contributed by atoms with van der Waals surface area (Å²) in [5.74, 6) is -8.08. The third-order valence-electron chi connectivity index (χ3n) is 7.20. The van der Waals surface area contributed by atoms with Crippen LogP contribution >= 0.6 is 0 Å². The third-order valence-corrected chi connectivity index (χ3v) is 7.20. The van der Waals surface area contributed by atoms with Gasteiger partial charge < -0.3 is 26.2 Å². The molecule has 6 N–H and O–H groups in total. The molecule has 1 aromatic rings. The summed E-state index contributed by atoms with van der Waals surface area (Å²) in [6.45, 7) is 1.24. The Kier molecular flexibility index (Phi) is 4.98. The van der Waals surface area contributed by atoms with E-state index in [-0.39, 0.29) is 17.5 Å². The molecule has 0 aliphatic heterocycles. The molecule has 3 aliphatic carbocycles. The van der Waals surface area contributed by atoms with Crippen LogP contribution in [0.25, 0.3) is 5.76 Å². The number of carbonyl (C=O) groups is 3. The van der Waals surface area contributed by atoms with E-state index in [1.807, 2.05) is 0 Å². The zero-order chi connectivity index (χ0) is 25.5. The van der Waals surface area contributed by atoms with Crippen molar-refractivity contribution in [2.45, 2.75) is 30.6 Å². The number of nitro groups is 1. The molecule has 0 heterocycles. The zero-order valence-corrected chi connectivity index (χ0v) is 18.5. The van der Waals surface area contributed by atoms with Crippen molar-refractivity contribution in [3.63, 3.8) is 0 Å². The number of nitro benzene ring substituents is 1. The highest BCUT2D eigenvalue weighted by atomic mass is 16.6. The van der Waals surface area contributed by atoms with Gasteiger partial charge in [0.05, 0.1) is 16.5 Å². The Morgan fingerprint density at radius 1 is 1.24 bits per heavy atom. The van der Waals surface area contributed by atoms with Gasteiger partial charge >= 0.3 is 0 Å². The Morgan fingerprint density at radius 2 is 1.85 bits per heavy atom. The average molecular weight is 473 g/mol. The van der Waals surface area contributed by atoms with Crippen molar-refractivity contribution in [1.82, 2.24) is 4.90 Å². The number of primary amides is 1. The van der Waals surface area contributed by atoms with Crippen LogP contribution in [0.15, 0.2) is 35.1 Å². The molecule has 0 aromatic heterocycles. The summed E-state index contributed by atoms with van der Waals surface area (Å²) in [5.41, 5.74) is -1.89. The molecule has 180 valence electrons. The molecule has 0 spiro atoms. The molecule has 4 rings (SSSR count). The first-order valence-electron chi connectivity index (χ1n) is 10.3. The summed E-state index contributed by atoms with van der Waals surface area (Å²) in [6.07, 6.45) is -0.342. The Labute approximate surface area is 192 Å². The smallest absolute Gasteiger partial charge is 0.276 e. The minimum absolute atomic E-state index is 0.185. The van der Waals surface area contributed by atoms with E-state index in [9.17, 15) is 44.9 Å². The lowest BCUT2D eigenvalue weighted by Crippen LogP contribution is -2.67. The van der Waals surface area contributed by atoms with Crippen LogP contribution < -0.4 is 5.73 Å². The van der Waals surface area contributed by atoms with Gasteiger partial charge in [-0.1, -0.05) is 12.1 Å². The van der Waals surface area contributed by atoms with E-state index in [4.69, 9.17) is 5.73 Å². The quantitative estimate of drug-likeness (QED) is 0.223. The SMILES string of the molecule is CN(C)[C@@H]1C(=O)C(C(N)=O)=C(O)[C@@]2(O)C(=O)C3=C(O)c4cccc([N+](=O)[O-])c4[C@@](C)(O)[C@H]3C[C@@H]12. The number of fused-ring (bicyclic) bond motifs is 3. The Bertz CT molecular complexity index is 1250. The first-order valence-corrected chi connectivity index (χ1v) is 10.3. The van der Waals surface area contributed by atoms with E-state index < -0.39 is 79.8 Å². The van der Waals surface area contributed by atoms with Crippen LogP contribution in [0, 0.1) is 22.0 Å². The van der Waals surface area contributed by atoms with Crippen LogP contribution in [0.5, 0.6) is 0 Å². The first kappa shape index (κ1) is 23.5. The number of benzene rings is 1. The molecule has 3 aliphatic rings. The van der Waals surface area contributed by atoms with E-state index >= 15 is 0 Å². The van der Waals surface area contributed by atoms with Gasteiger partial charge in [0, 0.05) is 29.0 Å². The number of rotatable bonds is 3. The Balaban J connectivity index is 2.06. The second kappa shape index (κ2) is 7.19. The Morgan fingerprint density at radius 3 is 2.38 bits per heavy atom. The maximum atomic E-state index is 13.7. The Hall–Kier alpha value is -3.61. The fourth-order valence-corrected chi connectivity index (χ4v) is 5.71. The summed E-state index contributed by atoms with van der Waals surface area (Å²) in [4.78, 5) is 51.0. The van der Waals surface area contributed by atoms with E-state index in [1.54, 1.807) is 0 Å². The van der Waals surface area contributed by atoms with Gasteiger partial charge in [-0.25, -0.2) is 0 Å². The number of carbonyl (C=O) groups excluding carboxylic acids is 3. The van der Waals surface area contributed by atoms with Crippen molar-refractivity contribution < 1.29 is 39.7 Å². The highest BCUT2D eigenvalue weighted by molar-refractivity contribution is 6.24. The van der Waals surface area contributed by atoms with Crippen LogP contribution in [0.2, 0.25) is 0 Å². The van der Waals surface area contributed by atoms with Gasteiger partial charge in [-0.05, 0) is 27.4 Å². The summed E-state index contributed by atoms with van der Waals surface area (Å²) < 4.78 is 0. The van der Waals surface area contributed by atoms with Crippen molar-refractivity contribution in [2.75, 3.05) is 14.1 Å². The van der Waals surface area contributed by atoms with Crippen molar-refractivity contribution in [3.05, 3.63) is 56.3 Å². The molecular formula is C22H23N3O9. The second-order valence-corrected chi connectivity index (χ2v) is 9.22. The van der Waals surface area contributed by atoms with E-state index in [1.165, 1.54) is 38.1 Å². The van der Waals surface area contributed by atoms with Crippen LogP contribution in [-0.4, -0.2) is 73.5 Å². The number of hydrogen-bond acceptors (Lipinski definition) is 10. The molecule has 12 nitrogen and oxygen atoms in total. The third kappa shape index (κ3) is 2.73. The average Bonchev–Trinajstić information content (AvgIpc) is 2.73. The molecule has 0 bridgehead atoms. The monoisotopic (exact) mass is 473 g/mol. The minimum atomic E-state index is -2.80. The van der Waals surface area contributed by atoms with Crippen LogP contribution in [0.3, 0.4) is 0 Å². The van der Waals surface area contributed by atoms with Crippen LogP contribution in [0.4, 0.5) is 5.69 Å². The van der Waals surface area contributed by atoms with Crippen molar-refractivity contribution in [2.24, 2.45) is 17.6 Å². The zero-order valence-electron chi connectivity index (χ0n) is 18.5. The predicted octanol–water partition coefficient (Wildman–Crippen LogP) is -0.168. The van der Waals surface area contributed by atoms with E-state index in [2.05, 4.69) is 0 Å². The summed E-state index contributed by atoms with van der Waals surface area (Å²) in [6, 6.07) is 2.38. The van der Waals surface area contributed by atoms with Crippen molar-refractivity contribution >= 4 is 28.9 Å². The molecule has 0 saturated heterocycles. The standard InChI is InChI=1S/C22H23N3O9/c1-21(31)9-7-10-15(24(2)3)17(27)13(20(23)30)19(29)22(10,32)18(28)12(9)16(26)8-5-4-6-11(14(8)21)25(33)34/h4-6,9-10,15,26,29,31-32H,7H2,1-3H3,(H2,23,30)/t9-,10-,15-,21-,22-/m0/s1. The van der Waals surface area contributed by atoms with Crippen LogP contribution in [0.1, 0.15) is 24.5 Å². The van der Waals surface area contributed by atoms with Gasteiger partial charge in [0.2, 0.25) is 5.78 Å². The number of likely N-dealkylation sites (N-methyl/N-ethyl adjacent to an activating group) is 1. The highest BCUT2D eigenvalue weighted by Crippen LogP contribution is 2.57. The summed E-state index contributed by atoms with van der Waals surface area (Å²) >= 11 is 0. The second-order valence-electron chi connectivity index (χ2n) is 9.22. The van der Waals surface area contributed by atoms with Gasteiger partial charge in [-0.3, -0.25) is 29.4 Å². The minimum Gasteiger partial charge on any atom is -0.508 e. The van der Waals surface area contributed by atoms with Gasteiger partial charge in [0.15, 0.2) is 11.4 Å². The maximum Gasteiger partial charge on any atom is 0.276 e. The summed E-state index contributed by atoms with van der Waals surface area (Å²) in [5, 5.41) is 56.5. The topological polar surface area (TPSA) is 205 Å². The number of Topliss-reactive ketones (excluding diaryl/α,β-unsaturated/α-hetero) is 2. The molecule has 34 heavy (non-hydrogen) atoms. The molecular weight excluding hydrogens is 450 g/mol. The van der Waals surface area contributed by atoms with Gasteiger partial charge in [0.25, 0.3) is 11.6 Å². The van der Waals surface area contributed by atoms with E-state index in [0.29, 0.717) is 0 Å². The molecule has 0 radical (unpaired) electrons. The lowest BCUT2D eigenvalue weighted by Gasteiger charge is -2.52. The van der Waals surface area contributed by atoms with Gasteiger partial charge in [0.1, 0.15) is 22.7 Å². The largest absolute Gasteiger partial charge is 0.508 e. The molecule has 1 aromatic carbocycles. The number of amides is 1. The molecule has 1 saturated carbocycles. The van der Waals surface area contributed by atoms with Crippen molar-refractivity contribution in [3.8, 4) is 0 Å². The first-order chi connectivity index (χ1) is 15.7. The predicted molar refractivity (Wildman–Crippen MR) is 115 cm³/mol. The molecule has 5 atom stereocenters. The van der Waals surface area contributed by atoms with Gasteiger partial charge in [-0.15, -0.1) is 0 Å². The highest BCUT2D eigenvalue weighted by Gasteiger charge is 2.66. The molecule has 1 amide bonds. The molecule has 1 fully saturated rings. The molecule has 12 heteroatoms. The van der Waals surface area contributed by atoms with E-state index in [0.717, 1.165) is 6.07 Å². The fraction of sp³-hybridized carbons (Fsp3) is 0.409. The lowest BCUT2D eigenvalue weighted by molar-refractivity contribution is -0.386. The normalized spacial score (nSPS) is 32.9. The number of hydrogen-bond donors (Lipinski definition) is 5. The maximum absolute atomic E-state index is 13.7. The number of nitrogens with zero attached hydrogens (tertiary/aromatic N) is 2.